The Labute approximate surface area is 456 Å². The Morgan fingerprint density at radius 1 is 0.597 bits per heavy atom. The molecule has 0 saturated heterocycles. The van der Waals surface area contributed by atoms with E-state index in [2.05, 4.69) is 25.4 Å². The third-order valence-corrected chi connectivity index (χ3v) is 13.7. The normalized spacial score (nSPS) is 12.5. The zero-order valence-electron chi connectivity index (χ0n) is 42.5. The van der Waals surface area contributed by atoms with Crippen LogP contribution in [0, 0.1) is 0 Å². The first-order chi connectivity index (χ1) is 36.8. The molecule has 0 unspecified atom stereocenters. The highest BCUT2D eigenvalue weighted by atomic mass is 35.5. The predicted molar refractivity (Wildman–Crippen MR) is 303 cm³/mol. The van der Waals surface area contributed by atoms with Crippen molar-refractivity contribution in [3.05, 3.63) is 165 Å². The highest BCUT2D eigenvalue weighted by Crippen LogP contribution is 2.41. The number of pyridine rings is 4. The summed E-state index contributed by atoms with van der Waals surface area (Å²) in [6.45, 7) is 5.87. The minimum atomic E-state index is -0.289. The van der Waals surface area contributed by atoms with Gasteiger partial charge in [-0.2, -0.15) is 0 Å². The molecular weight excluding hydrogens is 1020 g/mol. The quantitative estimate of drug-likeness (QED) is 0.0343. The molecule has 0 bridgehead atoms. The van der Waals surface area contributed by atoms with E-state index in [-0.39, 0.29) is 44.0 Å². The number of carbonyl (C=O) groups excluding carboxylic acids is 4. The van der Waals surface area contributed by atoms with Crippen LogP contribution >= 0.6 is 23.2 Å². The number of methoxy groups -OCH3 is 1. The van der Waals surface area contributed by atoms with E-state index >= 15 is 0 Å². The number of benzene rings is 4. The second-order valence-electron chi connectivity index (χ2n) is 17.8. The first kappa shape index (κ1) is 54.9. The van der Waals surface area contributed by atoms with E-state index in [0.717, 1.165) is 49.5 Å². The summed E-state index contributed by atoms with van der Waals surface area (Å²) in [5, 5.41) is 4.42. The van der Waals surface area contributed by atoms with Crippen molar-refractivity contribution >= 4 is 103 Å². The molecule has 0 saturated carbocycles. The second-order valence-corrected chi connectivity index (χ2v) is 18.6. The number of fused-ring (bicyclic) bond motifs is 6. The van der Waals surface area contributed by atoms with E-state index in [9.17, 15) is 19.2 Å². The summed E-state index contributed by atoms with van der Waals surface area (Å²) < 4.78 is 17.1. The van der Waals surface area contributed by atoms with Gasteiger partial charge in [-0.05, 0) is 95.4 Å². The van der Waals surface area contributed by atoms with Gasteiger partial charge in [-0.15, -0.1) is 0 Å². The average Bonchev–Trinajstić information content (AvgIpc) is 3.62. The van der Waals surface area contributed by atoms with Crippen LogP contribution in [0.1, 0.15) is 64.2 Å². The van der Waals surface area contributed by atoms with Crippen molar-refractivity contribution in [1.82, 2.24) is 25.4 Å². The molecule has 6 heterocycles. The predicted octanol–water partition coefficient (Wildman–Crippen LogP) is 10.2. The van der Waals surface area contributed by atoms with Crippen LogP contribution in [0.25, 0.3) is 21.5 Å². The molecule has 3 N–H and O–H groups in total. The van der Waals surface area contributed by atoms with Gasteiger partial charge < -0.3 is 33.8 Å². The molecule has 396 valence electrons. The van der Waals surface area contributed by atoms with Crippen molar-refractivity contribution in [2.75, 3.05) is 67.1 Å². The van der Waals surface area contributed by atoms with Crippen molar-refractivity contribution in [2.24, 2.45) is 5.84 Å². The molecule has 0 fully saturated rings. The van der Waals surface area contributed by atoms with Crippen LogP contribution in [0.15, 0.2) is 122 Å². The van der Waals surface area contributed by atoms with Crippen LogP contribution in [0.4, 0.5) is 34.6 Å². The molecule has 4 aromatic heterocycles. The number of rotatable bonds is 14. The number of carbonyl (C=O) groups is 4. The van der Waals surface area contributed by atoms with Crippen molar-refractivity contribution < 1.29 is 33.4 Å². The lowest BCUT2D eigenvalue weighted by molar-refractivity contribution is -0.139. The van der Waals surface area contributed by atoms with E-state index in [4.69, 9.17) is 43.3 Å². The number of nitrogens with one attached hydrogen (secondary N) is 1. The van der Waals surface area contributed by atoms with Gasteiger partial charge in [0.15, 0.2) is 11.6 Å². The van der Waals surface area contributed by atoms with Gasteiger partial charge in [0.25, 0.3) is 11.8 Å². The van der Waals surface area contributed by atoms with Gasteiger partial charge in [-0.3, -0.25) is 24.6 Å². The van der Waals surface area contributed by atoms with Crippen LogP contribution in [-0.2, 0) is 40.0 Å². The number of hydrogen-bond donors (Lipinski definition) is 2. The van der Waals surface area contributed by atoms with Gasteiger partial charge in [0, 0.05) is 63.2 Å². The fourth-order valence-corrected chi connectivity index (χ4v) is 9.68. The third-order valence-electron chi connectivity index (χ3n) is 13.3. The van der Waals surface area contributed by atoms with Gasteiger partial charge in [-0.1, -0.05) is 91.3 Å². The summed E-state index contributed by atoms with van der Waals surface area (Å²) in [5.74, 6) is 8.11. The molecule has 0 atom stereocenters. The maximum absolute atomic E-state index is 13.4. The molecule has 10 rings (SSSR count). The zero-order chi connectivity index (χ0) is 53.6. The number of anilines is 6. The van der Waals surface area contributed by atoms with Crippen LogP contribution < -0.4 is 40.3 Å². The summed E-state index contributed by atoms with van der Waals surface area (Å²) in [5.41, 5.74) is 8.02. The topological polar surface area (TPSA) is 199 Å². The van der Waals surface area contributed by atoms with E-state index < -0.39 is 0 Å². The number of esters is 1. The minimum Gasteiger partial charge on any atom is -0.493 e. The molecule has 0 spiro atoms. The minimum absolute atomic E-state index is 0. The van der Waals surface area contributed by atoms with Crippen molar-refractivity contribution in [1.29, 1.82) is 0 Å². The molecule has 2 aliphatic rings. The first-order valence-electron chi connectivity index (χ1n) is 24.6. The van der Waals surface area contributed by atoms with E-state index in [1.54, 1.807) is 60.6 Å². The molecule has 0 aliphatic carbocycles. The maximum Gasteiger partial charge on any atom is 0.309 e. The van der Waals surface area contributed by atoms with E-state index in [0.29, 0.717) is 101 Å². The molecule has 0 radical (unpaired) electrons. The molecule has 8 aromatic rings. The SMILES string of the molecule is C.CCN1c2ncc(CCOc3ccc(CC(=O)NN)c4ccccc34)cc2C(=O)N(C)c2ccc(Cl)nc21.CCN1c2ncc(CCOc3ccc(CC(=O)OC)c4ccccc34)cc2C(=O)N(C)c2ccc(Cl)nc21. The second kappa shape index (κ2) is 24.1. The summed E-state index contributed by atoms with van der Waals surface area (Å²) in [7, 11) is 4.84. The van der Waals surface area contributed by atoms with Crippen LogP contribution in [0.3, 0.4) is 0 Å². The van der Waals surface area contributed by atoms with Gasteiger partial charge in [0.05, 0.1) is 55.7 Å². The molecule has 4 aromatic carbocycles. The summed E-state index contributed by atoms with van der Waals surface area (Å²) in [6, 6.07) is 33.8. The zero-order valence-corrected chi connectivity index (χ0v) is 44.0. The number of halogens is 2. The molecule has 19 heteroatoms. The smallest absolute Gasteiger partial charge is 0.309 e. The number of ether oxygens (including phenoxy) is 3. The first-order valence-corrected chi connectivity index (χ1v) is 25.3. The van der Waals surface area contributed by atoms with E-state index in [1.165, 1.54) is 7.11 Å². The highest BCUT2D eigenvalue weighted by molar-refractivity contribution is 6.30. The number of amides is 3. The Bertz CT molecular complexity index is 3310. The fourth-order valence-electron chi connectivity index (χ4n) is 9.39. The molecular formula is C58H58Cl2N10O7. The lowest BCUT2D eigenvalue weighted by Gasteiger charge is -2.23. The van der Waals surface area contributed by atoms with Gasteiger partial charge in [0.1, 0.15) is 33.4 Å². The van der Waals surface area contributed by atoms with Gasteiger partial charge in [0.2, 0.25) is 5.91 Å². The number of hydrogen-bond acceptors (Lipinski definition) is 14. The van der Waals surface area contributed by atoms with Crippen molar-refractivity contribution in [3.63, 3.8) is 0 Å². The largest absolute Gasteiger partial charge is 0.493 e. The van der Waals surface area contributed by atoms with Crippen molar-refractivity contribution in [3.8, 4) is 11.5 Å². The summed E-state index contributed by atoms with van der Waals surface area (Å²) >= 11 is 12.3. The van der Waals surface area contributed by atoms with Crippen molar-refractivity contribution in [2.45, 2.75) is 47.0 Å². The number of nitrogens with zero attached hydrogens (tertiary/aromatic N) is 8. The third kappa shape index (κ3) is 11.4. The van der Waals surface area contributed by atoms with E-state index in [1.807, 2.05) is 109 Å². The molecule has 2 aliphatic heterocycles. The number of aromatic nitrogens is 4. The van der Waals surface area contributed by atoms with Crippen LogP contribution in [0.2, 0.25) is 10.3 Å². The summed E-state index contributed by atoms with van der Waals surface area (Å²) in [4.78, 5) is 75.7. The lowest BCUT2D eigenvalue weighted by atomic mass is 10.0. The maximum atomic E-state index is 13.4. The molecule has 17 nitrogen and oxygen atoms in total. The Morgan fingerprint density at radius 3 is 1.44 bits per heavy atom. The Kier molecular flexibility index (Phi) is 17.2. The average molecular weight is 1080 g/mol. The summed E-state index contributed by atoms with van der Waals surface area (Å²) in [6.07, 6.45) is 5.01. The fraction of sp³-hybridized carbons (Fsp3) is 0.241. The standard InChI is InChI=1S/C29H27ClN4O4.C28H27ClN6O3.CH4/c1-4-34-27-22(29(36)33(2)23-10-12-25(30)32-28(23)34)15-18(17-31-27)13-14-38-24-11-9-19(16-26(35)37-3)20-7-5-6-8-21(20)24;1-3-35-26-21(28(37)34(2)22-9-11-24(29)32-27(22)35)14-17(16-31-26)12-13-38-23-10-8-18(15-25(36)33-30)19-6-4-5-7-20(19)23;/h5-12,15,17H,4,13-14,16H2,1-3H3;4-11,14,16H,3,12-13,15,30H2,1-2H3,(H,33,36);1H4. The highest BCUT2D eigenvalue weighted by Gasteiger charge is 2.33. The van der Waals surface area contributed by atoms with Crippen LogP contribution in [-0.4, -0.2) is 91.1 Å². The Hall–Kier alpha value is -8.38. The van der Waals surface area contributed by atoms with Gasteiger partial charge >= 0.3 is 5.97 Å². The Balaban J connectivity index is 0.000000201. The number of nitrogens with two attached hydrogens (primary N) is 1. The Morgan fingerprint density at radius 2 is 1.03 bits per heavy atom. The number of hydrazine groups is 1. The molecule has 3 amide bonds. The lowest BCUT2D eigenvalue weighted by Crippen LogP contribution is -2.31. The van der Waals surface area contributed by atoms with Gasteiger partial charge in [-0.25, -0.2) is 25.8 Å². The van der Waals surface area contributed by atoms with Crippen LogP contribution in [0.5, 0.6) is 11.5 Å². The monoisotopic (exact) mass is 1080 g/mol. The molecule has 77 heavy (non-hydrogen) atoms.